The molecule has 0 aliphatic rings. The molecular formula is C11H16FNO. The largest absolute Gasteiger partial charge is 0.395 e. The molecule has 0 amide bonds. The van der Waals surface area contributed by atoms with Crippen LogP contribution in [0.25, 0.3) is 0 Å². The van der Waals surface area contributed by atoms with Crippen molar-refractivity contribution in [2.45, 2.75) is 19.4 Å². The van der Waals surface area contributed by atoms with Crippen LogP contribution in [0.3, 0.4) is 0 Å². The maximum atomic E-state index is 13.1. The average molecular weight is 197 g/mol. The van der Waals surface area contributed by atoms with E-state index in [1.165, 1.54) is 6.07 Å². The van der Waals surface area contributed by atoms with Crippen molar-refractivity contribution in [2.24, 2.45) is 0 Å². The summed E-state index contributed by atoms with van der Waals surface area (Å²) >= 11 is 0. The molecule has 0 radical (unpaired) electrons. The number of aliphatic hydroxyl groups is 1. The van der Waals surface area contributed by atoms with Crippen LogP contribution >= 0.6 is 0 Å². The Balaban J connectivity index is 2.35. The highest BCUT2D eigenvalue weighted by molar-refractivity contribution is 5.17. The van der Waals surface area contributed by atoms with Gasteiger partial charge in [-0.1, -0.05) is 18.2 Å². The van der Waals surface area contributed by atoms with Crippen molar-refractivity contribution in [1.29, 1.82) is 0 Å². The first-order valence-electron chi connectivity index (χ1n) is 4.81. The Bertz CT molecular complexity index is 278. The maximum Gasteiger partial charge on any atom is 0.126 e. The van der Waals surface area contributed by atoms with Crippen LogP contribution in [-0.2, 0) is 6.42 Å². The second-order valence-electron chi connectivity index (χ2n) is 3.38. The second-order valence-corrected chi connectivity index (χ2v) is 3.38. The molecule has 0 saturated heterocycles. The van der Waals surface area contributed by atoms with Crippen molar-refractivity contribution in [3.05, 3.63) is 35.6 Å². The minimum atomic E-state index is -0.161. The smallest absolute Gasteiger partial charge is 0.126 e. The summed E-state index contributed by atoms with van der Waals surface area (Å²) in [5, 5.41) is 11.8. The number of benzene rings is 1. The summed E-state index contributed by atoms with van der Waals surface area (Å²) in [4.78, 5) is 0. The number of halogens is 1. The fourth-order valence-electron chi connectivity index (χ4n) is 1.22. The van der Waals surface area contributed by atoms with Gasteiger partial charge in [0.05, 0.1) is 6.61 Å². The number of hydrogen-bond donors (Lipinski definition) is 2. The Morgan fingerprint density at radius 1 is 1.43 bits per heavy atom. The highest BCUT2D eigenvalue weighted by atomic mass is 19.1. The number of rotatable bonds is 5. The van der Waals surface area contributed by atoms with Crippen LogP contribution in [0.2, 0.25) is 0 Å². The van der Waals surface area contributed by atoms with Gasteiger partial charge in [0.15, 0.2) is 0 Å². The average Bonchev–Trinajstić information content (AvgIpc) is 2.20. The molecule has 14 heavy (non-hydrogen) atoms. The van der Waals surface area contributed by atoms with Crippen LogP contribution in [0.4, 0.5) is 4.39 Å². The molecule has 1 unspecified atom stereocenters. The zero-order chi connectivity index (χ0) is 10.4. The highest BCUT2D eigenvalue weighted by Gasteiger charge is 2.01. The van der Waals surface area contributed by atoms with E-state index in [9.17, 15) is 4.39 Å². The molecule has 0 aliphatic carbocycles. The number of nitrogens with one attached hydrogen (secondary N) is 1. The van der Waals surface area contributed by atoms with Gasteiger partial charge in [0.25, 0.3) is 0 Å². The topological polar surface area (TPSA) is 32.3 Å². The third kappa shape index (κ3) is 3.44. The van der Waals surface area contributed by atoms with Gasteiger partial charge in [0.2, 0.25) is 0 Å². The van der Waals surface area contributed by atoms with E-state index in [1.807, 2.05) is 13.0 Å². The first-order chi connectivity index (χ1) is 6.74. The summed E-state index contributed by atoms with van der Waals surface area (Å²) in [5.74, 6) is -0.161. The summed E-state index contributed by atoms with van der Waals surface area (Å²) in [6.45, 7) is 2.68. The molecule has 1 aromatic rings. The molecule has 1 rings (SSSR count). The lowest BCUT2D eigenvalue weighted by Crippen LogP contribution is -2.31. The quantitative estimate of drug-likeness (QED) is 0.746. The van der Waals surface area contributed by atoms with E-state index in [-0.39, 0.29) is 18.5 Å². The monoisotopic (exact) mass is 197 g/mol. The molecule has 1 atom stereocenters. The zero-order valence-corrected chi connectivity index (χ0v) is 8.33. The zero-order valence-electron chi connectivity index (χ0n) is 8.33. The van der Waals surface area contributed by atoms with Crippen molar-refractivity contribution in [1.82, 2.24) is 5.32 Å². The Morgan fingerprint density at radius 3 is 2.79 bits per heavy atom. The fourth-order valence-corrected chi connectivity index (χ4v) is 1.22. The molecular weight excluding hydrogens is 181 g/mol. The molecule has 1 aromatic carbocycles. The van der Waals surface area contributed by atoms with E-state index >= 15 is 0 Å². The minimum absolute atomic E-state index is 0.0711. The van der Waals surface area contributed by atoms with Crippen molar-refractivity contribution >= 4 is 0 Å². The van der Waals surface area contributed by atoms with Crippen LogP contribution in [0, 0.1) is 5.82 Å². The van der Waals surface area contributed by atoms with Crippen LogP contribution in [-0.4, -0.2) is 24.3 Å². The van der Waals surface area contributed by atoms with E-state index in [0.717, 1.165) is 0 Å². The van der Waals surface area contributed by atoms with Gasteiger partial charge in [-0.05, 0) is 31.5 Å². The molecule has 0 aliphatic heterocycles. The lowest BCUT2D eigenvalue weighted by molar-refractivity contribution is 0.252. The highest BCUT2D eigenvalue weighted by Crippen LogP contribution is 2.06. The van der Waals surface area contributed by atoms with Crippen molar-refractivity contribution in [3.63, 3.8) is 0 Å². The maximum absolute atomic E-state index is 13.1. The molecule has 2 N–H and O–H groups in total. The summed E-state index contributed by atoms with van der Waals surface area (Å²) < 4.78 is 13.1. The van der Waals surface area contributed by atoms with Crippen LogP contribution in [0.5, 0.6) is 0 Å². The normalized spacial score (nSPS) is 12.8. The number of hydrogen-bond acceptors (Lipinski definition) is 2. The van der Waals surface area contributed by atoms with Crippen LogP contribution in [0.1, 0.15) is 12.5 Å². The molecule has 78 valence electrons. The standard InChI is InChI=1S/C11H16FNO/c1-9(8-14)13-7-6-10-4-2-3-5-11(10)12/h2-5,9,13-14H,6-8H2,1H3. The summed E-state index contributed by atoms with van der Waals surface area (Å²) in [5.41, 5.74) is 0.713. The van der Waals surface area contributed by atoms with Gasteiger partial charge in [0.1, 0.15) is 5.82 Å². The van der Waals surface area contributed by atoms with Gasteiger partial charge in [-0.3, -0.25) is 0 Å². The number of aliphatic hydroxyl groups excluding tert-OH is 1. The van der Waals surface area contributed by atoms with Gasteiger partial charge in [-0.25, -0.2) is 4.39 Å². The molecule has 0 aromatic heterocycles. The molecule has 0 bridgehead atoms. The van der Waals surface area contributed by atoms with Gasteiger partial charge in [-0.15, -0.1) is 0 Å². The molecule has 0 fully saturated rings. The Hall–Kier alpha value is -0.930. The first-order valence-corrected chi connectivity index (χ1v) is 4.81. The molecule has 0 heterocycles. The van der Waals surface area contributed by atoms with E-state index in [2.05, 4.69) is 5.32 Å². The molecule has 3 heteroatoms. The third-order valence-corrected chi connectivity index (χ3v) is 2.12. The van der Waals surface area contributed by atoms with Gasteiger partial charge < -0.3 is 10.4 Å². The Kier molecular flexibility index (Phi) is 4.56. The predicted molar refractivity (Wildman–Crippen MR) is 54.7 cm³/mol. The van der Waals surface area contributed by atoms with Crippen molar-refractivity contribution < 1.29 is 9.50 Å². The molecule has 2 nitrogen and oxygen atoms in total. The van der Waals surface area contributed by atoms with Crippen molar-refractivity contribution in [3.8, 4) is 0 Å². The van der Waals surface area contributed by atoms with Crippen LogP contribution < -0.4 is 5.32 Å². The van der Waals surface area contributed by atoms with E-state index in [4.69, 9.17) is 5.11 Å². The summed E-state index contributed by atoms with van der Waals surface area (Å²) in [6.07, 6.45) is 0.650. The first kappa shape index (κ1) is 11.1. The van der Waals surface area contributed by atoms with Gasteiger partial charge in [0, 0.05) is 6.04 Å². The minimum Gasteiger partial charge on any atom is -0.395 e. The lowest BCUT2D eigenvalue weighted by Gasteiger charge is -2.10. The predicted octanol–water partition coefficient (Wildman–Crippen LogP) is 1.34. The van der Waals surface area contributed by atoms with Gasteiger partial charge >= 0.3 is 0 Å². The van der Waals surface area contributed by atoms with E-state index in [1.54, 1.807) is 12.1 Å². The second kappa shape index (κ2) is 5.73. The SMILES string of the molecule is CC(CO)NCCc1ccccc1F. The Labute approximate surface area is 83.8 Å². The lowest BCUT2D eigenvalue weighted by atomic mass is 10.1. The molecule has 0 spiro atoms. The van der Waals surface area contributed by atoms with Crippen LogP contribution in [0.15, 0.2) is 24.3 Å². The molecule has 0 saturated carbocycles. The van der Waals surface area contributed by atoms with E-state index in [0.29, 0.717) is 18.5 Å². The fraction of sp³-hybridized carbons (Fsp3) is 0.455. The van der Waals surface area contributed by atoms with E-state index < -0.39 is 0 Å². The van der Waals surface area contributed by atoms with Gasteiger partial charge in [-0.2, -0.15) is 0 Å². The summed E-state index contributed by atoms with van der Waals surface area (Å²) in [6, 6.07) is 6.82. The summed E-state index contributed by atoms with van der Waals surface area (Å²) in [7, 11) is 0. The third-order valence-electron chi connectivity index (χ3n) is 2.12. The Morgan fingerprint density at radius 2 is 2.14 bits per heavy atom. The van der Waals surface area contributed by atoms with Crippen molar-refractivity contribution in [2.75, 3.05) is 13.2 Å².